The molecule has 286 valence electrons. The van der Waals surface area contributed by atoms with E-state index in [0.717, 1.165) is 23.8 Å². The van der Waals surface area contributed by atoms with Crippen molar-refractivity contribution < 1.29 is 0 Å². The topological polar surface area (TPSA) is 13.0 Å². The first kappa shape index (κ1) is 55.5. The molecule has 0 amide bonds. The third-order valence-corrected chi connectivity index (χ3v) is 9.18. The Balaban J connectivity index is -0.000000162. The van der Waals surface area contributed by atoms with Gasteiger partial charge in [-0.15, -0.1) is 19.7 Å². The number of hydrogen-bond donors (Lipinski definition) is 0. The molecule has 1 aliphatic carbocycles. The Kier molecular flexibility index (Phi) is 46.6. The van der Waals surface area contributed by atoms with Crippen molar-refractivity contribution in [2.45, 2.75) is 152 Å². The molecular formula is C43H94N4. The molecule has 1 aliphatic heterocycles. The van der Waals surface area contributed by atoms with Gasteiger partial charge in [0.1, 0.15) is 0 Å². The van der Waals surface area contributed by atoms with Crippen LogP contribution >= 0.6 is 0 Å². The Hall–Kier alpha value is -0.940. The van der Waals surface area contributed by atoms with Crippen molar-refractivity contribution in [1.29, 1.82) is 0 Å². The molecule has 2 aliphatic rings. The van der Waals surface area contributed by atoms with E-state index in [1.165, 1.54) is 96.8 Å². The summed E-state index contributed by atoms with van der Waals surface area (Å²) < 4.78 is 0. The Morgan fingerprint density at radius 3 is 1.47 bits per heavy atom. The second kappa shape index (κ2) is 39.5. The van der Waals surface area contributed by atoms with Crippen molar-refractivity contribution in [3.63, 3.8) is 0 Å². The highest BCUT2D eigenvalue weighted by atomic mass is 15.1. The van der Waals surface area contributed by atoms with E-state index in [4.69, 9.17) is 0 Å². The van der Waals surface area contributed by atoms with Crippen LogP contribution in [0.25, 0.3) is 0 Å². The maximum Gasteiger partial charge on any atom is 0.0241 e. The molecule has 0 N–H and O–H groups in total. The molecule has 4 atom stereocenters. The number of likely N-dealkylation sites (tertiary alicyclic amines) is 1. The summed E-state index contributed by atoms with van der Waals surface area (Å²) in [6, 6.07) is 1.34. The number of allylic oxidation sites excluding steroid dienone is 2. The van der Waals surface area contributed by atoms with E-state index in [2.05, 4.69) is 109 Å². The maximum atomic E-state index is 3.64. The summed E-state index contributed by atoms with van der Waals surface area (Å²) in [7, 11) is 12.9. The van der Waals surface area contributed by atoms with E-state index in [-0.39, 0.29) is 7.43 Å². The zero-order valence-electron chi connectivity index (χ0n) is 34.7. The molecule has 47 heavy (non-hydrogen) atoms. The predicted octanol–water partition coefficient (Wildman–Crippen LogP) is 11.8. The average Bonchev–Trinajstić information content (AvgIpc) is 3.03. The summed E-state index contributed by atoms with van der Waals surface area (Å²) in [6.45, 7) is 35.8. The fourth-order valence-corrected chi connectivity index (χ4v) is 5.26. The van der Waals surface area contributed by atoms with Gasteiger partial charge in [0.25, 0.3) is 0 Å². The van der Waals surface area contributed by atoms with Crippen LogP contribution in [0.3, 0.4) is 0 Å². The maximum absolute atomic E-state index is 3.64. The molecule has 1 saturated carbocycles. The van der Waals surface area contributed by atoms with Gasteiger partial charge in [0, 0.05) is 12.1 Å². The molecule has 0 aromatic heterocycles. The molecule has 0 aromatic carbocycles. The fraction of sp³-hybridized carbons (Fsp3) is 0.860. The Labute approximate surface area is 301 Å². The molecule has 4 unspecified atom stereocenters. The summed E-state index contributed by atoms with van der Waals surface area (Å²) in [5, 5.41) is 0. The number of likely N-dealkylation sites (N-methyl/N-ethyl adjacent to an activating group) is 1. The minimum absolute atomic E-state index is 0. The highest BCUT2D eigenvalue weighted by Gasteiger charge is 2.24. The van der Waals surface area contributed by atoms with Gasteiger partial charge < -0.3 is 19.6 Å². The van der Waals surface area contributed by atoms with E-state index in [1.807, 2.05) is 53.1 Å². The summed E-state index contributed by atoms with van der Waals surface area (Å²) >= 11 is 0. The zero-order chi connectivity index (χ0) is 36.5. The first-order valence-electron chi connectivity index (χ1n) is 19.3. The summed E-state index contributed by atoms with van der Waals surface area (Å²) in [6.07, 6.45) is 20.9. The van der Waals surface area contributed by atoms with Gasteiger partial charge in [-0.3, -0.25) is 0 Å². The minimum atomic E-state index is 0. The Morgan fingerprint density at radius 1 is 0.745 bits per heavy atom. The lowest BCUT2D eigenvalue weighted by Crippen LogP contribution is -2.35. The number of rotatable bonds is 15. The highest BCUT2D eigenvalue weighted by molar-refractivity contribution is 4.88. The predicted molar refractivity (Wildman–Crippen MR) is 223 cm³/mol. The molecule has 1 heterocycles. The molecular weight excluding hydrogens is 573 g/mol. The zero-order valence-corrected chi connectivity index (χ0v) is 34.7. The molecule has 0 spiro atoms. The lowest BCUT2D eigenvalue weighted by Gasteiger charge is -2.35. The molecule has 0 bridgehead atoms. The van der Waals surface area contributed by atoms with Gasteiger partial charge >= 0.3 is 0 Å². The van der Waals surface area contributed by atoms with Crippen LogP contribution in [-0.2, 0) is 0 Å². The molecule has 0 aromatic rings. The molecule has 0 radical (unpaired) electrons. The van der Waals surface area contributed by atoms with Gasteiger partial charge in [-0.05, 0) is 144 Å². The molecule has 4 nitrogen and oxygen atoms in total. The van der Waals surface area contributed by atoms with Crippen molar-refractivity contribution in [3.8, 4) is 0 Å². The van der Waals surface area contributed by atoms with E-state index in [1.54, 1.807) is 0 Å². The van der Waals surface area contributed by atoms with Crippen LogP contribution in [0.5, 0.6) is 0 Å². The van der Waals surface area contributed by atoms with Crippen LogP contribution < -0.4 is 0 Å². The molecule has 2 rings (SSSR count). The number of unbranched alkanes of at least 4 members (excludes halogenated alkanes) is 1. The number of nitrogens with zero attached hydrogens (tertiary/aromatic N) is 4. The fourth-order valence-electron chi connectivity index (χ4n) is 5.26. The van der Waals surface area contributed by atoms with E-state index < -0.39 is 0 Å². The van der Waals surface area contributed by atoms with Crippen molar-refractivity contribution in [2.75, 3.05) is 68.5 Å². The summed E-state index contributed by atoms with van der Waals surface area (Å²) in [5.74, 6) is 3.32. The second-order valence-corrected chi connectivity index (χ2v) is 14.3. The third-order valence-electron chi connectivity index (χ3n) is 9.18. The van der Waals surface area contributed by atoms with Crippen LogP contribution in [-0.4, -0.2) is 100 Å². The van der Waals surface area contributed by atoms with E-state index in [0.29, 0.717) is 12.0 Å². The monoisotopic (exact) mass is 667 g/mol. The Morgan fingerprint density at radius 2 is 1.21 bits per heavy atom. The van der Waals surface area contributed by atoms with Crippen LogP contribution in [0.2, 0.25) is 0 Å². The van der Waals surface area contributed by atoms with Crippen LogP contribution in [0.15, 0.2) is 38.0 Å². The van der Waals surface area contributed by atoms with E-state index in [9.17, 15) is 0 Å². The standard InChI is InChI=1S/C14H31N.C10H21N.C6H13N.C6H10.C4H9N.C2H6.CH4/c1-5-8-12-15(4)13-9-11-14(7-3)10-6-2;1-8-5-9(2)7-10(6-8)11(3)4;1-5-6(2)7(3)4;1-4-6(3)5-2;1-5-3-2-4-5;1-2;/h14H,5-13H2,1-4H3;8-10H,5-7H2,1-4H3;5-6H,1H2,2-4H3;4-6H,1-2H2,3H3;2-4H2,1H3;1-2H3;1H4. The van der Waals surface area contributed by atoms with Gasteiger partial charge in [-0.2, -0.15) is 0 Å². The second-order valence-electron chi connectivity index (χ2n) is 14.3. The lowest BCUT2D eigenvalue weighted by atomic mass is 9.80. The van der Waals surface area contributed by atoms with Gasteiger partial charge in [-0.25, -0.2) is 0 Å². The summed E-state index contributed by atoms with van der Waals surface area (Å²) in [4.78, 5) is 9.28. The van der Waals surface area contributed by atoms with Crippen molar-refractivity contribution in [1.82, 2.24) is 19.6 Å². The van der Waals surface area contributed by atoms with Crippen LogP contribution in [0, 0.1) is 23.7 Å². The van der Waals surface area contributed by atoms with Crippen LogP contribution in [0.4, 0.5) is 0 Å². The molecule has 2 fully saturated rings. The van der Waals surface area contributed by atoms with Gasteiger partial charge in [0.05, 0.1) is 0 Å². The van der Waals surface area contributed by atoms with Gasteiger partial charge in [0.15, 0.2) is 0 Å². The van der Waals surface area contributed by atoms with E-state index >= 15 is 0 Å². The minimum Gasteiger partial charge on any atom is -0.306 e. The molecule has 1 saturated heterocycles. The third kappa shape index (κ3) is 39.4. The smallest absolute Gasteiger partial charge is 0.0241 e. The molecule has 4 heteroatoms. The first-order chi connectivity index (χ1) is 21.7. The normalized spacial score (nSPS) is 19.6. The quantitative estimate of drug-likeness (QED) is 0.161. The van der Waals surface area contributed by atoms with Gasteiger partial charge in [-0.1, -0.05) is 107 Å². The first-order valence-corrected chi connectivity index (χ1v) is 19.3. The van der Waals surface area contributed by atoms with Gasteiger partial charge in [0.2, 0.25) is 0 Å². The lowest BCUT2D eigenvalue weighted by molar-refractivity contribution is 0.156. The van der Waals surface area contributed by atoms with Crippen molar-refractivity contribution in [3.05, 3.63) is 38.0 Å². The average molecular weight is 667 g/mol. The van der Waals surface area contributed by atoms with Crippen LogP contribution in [0.1, 0.15) is 140 Å². The Bertz CT molecular complexity index is 609. The SMILES string of the molecule is C.C=CC(C)C=C.C=CC(C)N(C)C.CC.CC1CC(C)CC(N(C)C)C1.CCCCN(C)CCCC(CC)CCC.CN1CCC1. The van der Waals surface area contributed by atoms with Crippen molar-refractivity contribution in [2.24, 2.45) is 23.7 Å². The number of hydrogen-bond acceptors (Lipinski definition) is 4. The van der Waals surface area contributed by atoms with Crippen molar-refractivity contribution >= 4 is 0 Å². The largest absolute Gasteiger partial charge is 0.306 e. The highest BCUT2D eigenvalue weighted by Crippen LogP contribution is 2.30. The summed E-state index contributed by atoms with van der Waals surface area (Å²) in [5.41, 5.74) is 0.